The van der Waals surface area contributed by atoms with Crippen LogP contribution in [0.5, 0.6) is 0 Å². The molecule has 1 N–H and O–H groups in total. The summed E-state index contributed by atoms with van der Waals surface area (Å²) in [5.74, 6) is -0.595. The summed E-state index contributed by atoms with van der Waals surface area (Å²) in [5, 5.41) is 1.78. The predicted molar refractivity (Wildman–Crippen MR) is 80.4 cm³/mol. The molecule has 5 nitrogen and oxygen atoms in total. The van der Waals surface area contributed by atoms with E-state index in [9.17, 15) is 13.2 Å². The van der Waals surface area contributed by atoms with E-state index < -0.39 is 22.0 Å². The Bertz CT molecular complexity index is 755. The van der Waals surface area contributed by atoms with Gasteiger partial charge < -0.3 is 4.74 Å². The molecule has 1 atom stereocenters. The summed E-state index contributed by atoms with van der Waals surface area (Å²) in [7, 11) is -3.77. The van der Waals surface area contributed by atoms with Gasteiger partial charge in [-0.1, -0.05) is 30.3 Å². The Morgan fingerprint density at radius 1 is 1.19 bits per heavy atom. The highest BCUT2D eigenvalue weighted by molar-refractivity contribution is 7.89. The van der Waals surface area contributed by atoms with Crippen molar-refractivity contribution in [1.82, 2.24) is 4.72 Å². The van der Waals surface area contributed by atoms with Crippen LogP contribution in [0.3, 0.4) is 0 Å². The van der Waals surface area contributed by atoms with Crippen molar-refractivity contribution >= 4 is 26.8 Å². The summed E-state index contributed by atoms with van der Waals surface area (Å²) < 4.78 is 31.7. The van der Waals surface area contributed by atoms with Gasteiger partial charge in [0.05, 0.1) is 11.5 Å². The van der Waals surface area contributed by atoms with Crippen LogP contribution in [0.25, 0.3) is 10.8 Å². The number of hydrogen-bond acceptors (Lipinski definition) is 4. The first-order valence-electron chi connectivity index (χ1n) is 6.62. The van der Waals surface area contributed by atoms with Crippen LogP contribution < -0.4 is 4.72 Å². The van der Waals surface area contributed by atoms with Crippen molar-refractivity contribution in [3.63, 3.8) is 0 Å². The molecular weight excluding hydrogens is 290 g/mol. The van der Waals surface area contributed by atoms with E-state index in [2.05, 4.69) is 4.72 Å². The number of hydrogen-bond donors (Lipinski definition) is 1. The van der Waals surface area contributed by atoms with Gasteiger partial charge in [-0.2, -0.15) is 4.72 Å². The number of ether oxygens (including phenoxy) is 1. The quantitative estimate of drug-likeness (QED) is 0.858. The molecule has 0 spiro atoms. The van der Waals surface area contributed by atoms with Gasteiger partial charge in [-0.15, -0.1) is 0 Å². The molecule has 0 bridgehead atoms. The van der Waals surface area contributed by atoms with Gasteiger partial charge >= 0.3 is 5.97 Å². The molecule has 0 fully saturated rings. The minimum atomic E-state index is -3.77. The van der Waals surface area contributed by atoms with Crippen molar-refractivity contribution in [2.45, 2.75) is 24.8 Å². The van der Waals surface area contributed by atoms with Crippen LogP contribution in [-0.2, 0) is 19.6 Å². The number of sulfonamides is 1. The molecule has 21 heavy (non-hydrogen) atoms. The van der Waals surface area contributed by atoms with Crippen molar-refractivity contribution in [1.29, 1.82) is 0 Å². The summed E-state index contributed by atoms with van der Waals surface area (Å²) in [6.07, 6.45) is 0. The van der Waals surface area contributed by atoms with E-state index >= 15 is 0 Å². The van der Waals surface area contributed by atoms with E-state index in [4.69, 9.17) is 4.74 Å². The Hall–Kier alpha value is -1.92. The van der Waals surface area contributed by atoms with Gasteiger partial charge in [0.2, 0.25) is 10.0 Å². The maximum absolute atomic E-state index is 12.3. The fraction of sp³-hybridized carbons (Fsp3) is 0.267. The molecule has 2 aromatic carbocycles. The number of esters is 1. The first kappa shape index (κ1) is 15.5. The Morgan fingerprint density at radius 3 is 2.52 bits per heavy atom. The average molecular weight is 307 g/mol. The van der Waals surface area contributed by atoms with Gasteiger partial charge in [-0.25, -0.2) is 8.42 Å². The monoisotopic (exact) mass is 307 g/mol. The first-order valence-corrected chi connectivity index (χ1v) is 8.10. The van der Waals surface area contributed by atoms with E-state index in [-0.39, 0.29) is 11.5 Å². The lowest BCUT2D eigenvalue weighted by Gasteiger charge is -2.13. The Kier molecular flexibility index (Phi) is 4.59. The minimum Gasteiger partial charge on any atom is -0.465 e. The number of rotatable bonds is 5. The van der Waals surface area contributed by atoms with Gasteiger partial charge in [-0.05, 0) is 36.8 Å². The molecule has 0 saturated carbocycles. The smallest absolute Gasteiger partial charge is 0.323 e. The number of benzene rings is 2. The maximum atomic E-state index is 12.3. The molecule has 0 saturated heterocycles. The van der Waals surface area contributed by atoms with Crippen LogP contribution in [0.2, 0.25) is 0 Å². The van der Waals surface area contributed by atoms with Crippen molar-refractivity contribution in [3.8, 4) is 0 Å². The summed E-state index contributed by atoms with van der Waals surface area (Å²) in [6, 6.07) is 11.4. The second-order valence-electron chi connectivity index (χ2n) is 4.60. The average Bonchev–Trinajstić information content (AvgIpc) is 2.46. The van der Waals surface area contributed by atoms with Crippen molar-refractivity contribution < 1.29 is 17.9 Å². The van der Waals surface area contributed by atoms with E-state index in [1.807, 2.05) is 24.3 Å². The van der Waals surface area contributed by atoms with Crippen LogP contribution in [0.1, 0.15) is 13.8 Å². The number of carbonyl (C=O) groups excluding carboxylic acids is 1. The van der Waals surface area contributed by atoms with Gasteiger partial charge in [-0.3, -0.25) is 4.79 Å². The molecule has 2 rings (SSSR count). The third kappa shape index (κ3) is 3.59. The largest absolute Gasteiger partial charge is 0.465 e. The topological polar surface area (TPSA) is 72.5 Å². The van der Waals surface area contributed by atoms with E-state index in [0.29, 0.717) is 0 Å². The van der Waals surface area contributed by atoms with Gasteiger partial charge in [0.15, 0.2) is 0 Å². The molecule has 0 radical (unpaired) electrons. The number of nitrogens with one attached hydrogen (secondary N) is 1. The molecule has 2 aromatic rings. The van der Waals surface area contributed by atoms with Gasteiger partial charge in [0.25, 0.3) is 0 Å². The van der Waals surface area contributed by atoms with Crippen molar-refractivity contribution in [3.05, 3.63) is 42.5 Å². The highest BCUT2D eigenvalue weighted by Gasteiger charge is 2.22. The lowest BCUT2D eigenvalue weighted by molar-refractivity contribution is -0.144. The first-order chi connectivity index (χ1) is 9.94. The van der Waals surface area contributed by atoms with Crippen LogP contribution in [0.4, 0.5) is 0 Å². The Balaban J connectivity index is 2.27. The molecule has 1 unspecified atom stereocenters. The minimum absolute atomic E-state index is 0.123. The SMILES string of the molecule is CCOC(=O)C(C)NS(=O)(=O)c1ccc2ccccc2c1. The molecule has 0 aliphatic carbocycles. The second-order valence-corrected chi connectivity index (χ2v) is 6.32. The lowest BCUT2D eigenvalue weighted by Crippen LogP contribution is -2.39. The normalized spacial score (nSPS) is 13.0. The maximum Gasteiger partial charge on any atom is 0.323 e. The predicted octanol–water partition coefficient (Wildman–Crippen LogP) is 2.07. The van der Waals surface area contributed by atoms with Crippen LogP contribution in [0.15, 0.2) is 47.4 Å². The van der Waals surface area contributed by atoms with Crippen LogP contribution in [0, 0.1) is 0 Å². The zero-order valence-electron chi connectivity index (χ0n) is 11.9. The fourth-order valence-electron chi connectivity index (χ4n) is 1.95. The Labute approximate surface area is 124 Å². The molecular formula is C15H17NO4S. The van der Waals surface area contributed by atoms with Gasteiger partial charge in [0.1, 0.15) is 6.04 Å². The molecule has 0 aromatic heterocycles. The standard InChI is InChI=1S/C15H17NO4S/c1-3-20-15(17)11(2)16-21(18,19)14-9-8-12-6-4-5-7-13(12)10-14/h4-11,16H,3H2,1-2H3. The van der Waals surface area contributed by atoms with E-state index in [1.165, 1.54) is 13.0 Å². The number of carbonyl (C=O) groups is 1. The van der Waals surface area contributed by atoms with E-state index in [0.717, 1.165) is 10.8 Å². The molecule has 0 heterocycles. The summed E-state index contributed by atoms with van der Waals surface area (Å²) in [4.78, 5) is 11.6. The molecule has 112 valence electrons. The number of fused-ring (bicyclic) bond motifs is 1. The summed E-state index contributed by atoms with van der Waals surface area (Å²) in [5.41, 5.74) is 0. The Morgan fingerprint density at radius 2 is 1.86 bits per heavy atom. The summed E-state index contributed by atoms with van der Waals surface area (Å²) in [6.45, 7) is 3.33. The van der Waals surface area contributed by atoms with Crippen LogP contribution >= 0.6 is 0 Å². The fourth-order valence-corrected chi connectivity index (χ4v) is 3.18. The third-order valence-electron chi connectivity index (χ3n) is 3.00. The molecule has 0 aliphatic heterocycles. The molecule has 6 heteroatoms. The molecule has 0 aliphatic rings. The zero-order valence-corrected chi connectivity index (χ0v) is 12.7. The van der Waals surface area contributed by atoms with Crippen LogP contribution in [-0.4, -0.2) is 27.0 Å². The highest BCUT2D eigenvalue weighted by Crippen LogP contribution is 2.19. The lowest BCUT2D eigenvalue weighted by atomic mass is 10.1. The van der Waals surface area contributed by atoms with Crippen molar-refractivity contribution in [2.75, 3.05) is 6.61 Å². The summed E-state index contributed by atoms with van der Waals surface area (Å²) >= 11 is 0. The van der Waals surface area contributed by atoms with Gasteiger partial charge in [0, 0.05) is 0 Å². The second kappa shape index (κ2) is 6.24. The highest BCUT2D eigenvalue weighted by atomic mass is 32.2. The zero-order chi connectivity index (χ0) is 15.5. The molecule has 0 amide bonds. The van der Waals surface area contributed by atoms with E-state index in [1.54, 1.807) is 19.1 Å². The van der Waals surface area contributed by atoms with Crippen molar-refractivity contribution in [2.24, 2.45) is 0 Å². The third-order valence-corrected chi connectivity index (χ3v) is 4.54.